The maximum atomic E-state index is 12.5. The Morgan fingerprint density at radius 1 is 1.39 bits per heavy atom. The number of ether oxygens (including phenoxy) is 1. The Bertz CT molecular complexity index is 378. The molecule has 0 unspecified atom stereocenters. The largest absolute Gasteiger partial charge is 0.378 e. The highest BCUT2D eigenvalue weighted by molar-refractivity contribution is 5.24. The van der Waals surface area contributed by atoms with Crippen LogP contribution in [-0.2, 0) is 11.3 Å². The smallest absolute Gasteiger partial charge is 0.263 e. The third-order valence-corrected chi connectivity index (χ3v) is 3.30. The normalized spacial score (nSPS) is 23.1. The van der Waals surface area contributed by atoms with Crippen LogP contribution in [-0.4, -0.2) is 18.8 Å². The average Bonchev–Trinajstić information content (AvgIpc) is 2.32. The van der Waals surface area contributed by atoms with Crippen LogP contribution in [0.3, 0.4) is 0 Å². The molecule has 0 aliphatic heterocycles. The van der Waals surface area contributed by atoms with Crippen LogP contribution in [0.15, 0.2) is 24.3 Å². The van der Waals surface area contributed by atoms with E-state index >= 15 is 0 Å². The number of nitrogens with one attached hydrogen (secondary N) is 1. The quantitative estimate of drug-likeness (QED) is 0.842. The lowest BCUT2D eigenvalue weighted by molar-refractivity contribution is -0.0102. The summed E-state index contributed by atoms with van der Waals surface area (Å²) in [5, 5.41) is 3.37. The summed E-state index contributed by atoms with van der Waals surface area (Å²) in [4.78, 5) is 0. The Labute approximate surface area is 106 Å². The first-order valence-corrected chi connectivity index (χ1v) is 6.41. The van der Waals surface area contributed by atoms with Gasteiger partial charge in [-0.15, -0.1) is 0 Å². The van der Waals surface area contributed by atoms with Crippen molar-refractivity contribution in [2.75, 3.05) is 6.61 Å². The fourth-order valence-electron chi connectivity index (χ4n) is 2.21. The standard InChI is InChI=1S/C14H19F2NO/c1-2-18-13-7-12(8-13)17-9-10-4-3-5-11(6-10)14(15)16/h3-6,12-14,17H,2,7-9H2,1H3. The van der Waals surface area contributed by atoms with E-state index < -0.39 is 6.43 Å². The highest BCUT2D eigenvalue weighted by atomic mass is 19.3. The minimum Gasteiger partial charge on any atom is -0.378 e. The van der Waals surface area contributed by atoms with Crippen LogP contribution in [0.25, 0.3) is 0 Å². The Morgan fingerprint density at radius 2 is 2.17 bits per heavy atom. The summed E-state index contributed by atoms with van der Waals surface area (Å²) in [6.45, 7) is 3.40. The van der Waals surface area contributed by atoms with Crippen molar-refractivity contribution < 1.29 is 13.5 Å². The molecule has 2 rings (SSSR count). The van der Waals surface area contributed by atoms with Crippen LogP contribution in [0.5, 0.6) is 0 Å². The van der Waals surface area contributed by atoms with E-state index in [4.69, 9.17) is 4.74 Å². The predicted octanol–water partition coefficient (Wildman–Crippen LogP) is 3.28. The maximum Gasteiger partial charge on any atom is 0.263 e. The first-order valence-electron chi connectivity index (χ1n) is 6.41. The van der Waals surface area contributed by atoms with Crippen molar-refractivity contribution in [1.29, 1.82) is 0 Å². The fourth-order valence-corrected chi connectivity index (χ4v) is 2.21. The number of rotatable bonds is 6. The zero-order valence-electron chi connectivity index (χ0n) is 10.5. The molecule has 0 aromatic heterocycles. The molecule has 0 spiro atoms. The van der Waals surface area contributed by atoms with Crippen molar-refractivity contribution in [1.82, 2.24) is 5.32 Å². The lowest BCUT2D eigenvalue weighted by atomic mass is 9.89. The van der Waals surface area contributed by atoms with Gasteiger partial charge < -0.3 is 10.1 Å². The van der Waals surface area contributed by atoms with E-state index in [1.54, 1.807) is 12.1 Å². The third-order valence-electron chi connectivity index (χ3n) is 3.30. The summed E-state index contributed by atoms with van der Waals surface area (Å²) >= 11 is 0. The molecule has 18 heavy (non-hydrogen) atoms. The fraction of sp³-hybridized carbons (Fsp3) is 0.571. The van der Waals surface area contributed by atoms with E-state index in [2.05, 4.69) is 5.32 Å². The summed E-state index contributed by atoms with van der Waals surface area (Å²) < 4.78 is 30.5. The summed E-state index contributed by atoms with van der Waals surface area (Å²) in [6.07, 6.45) is 0.0148. The molecule has 1 fully saturated rings. The SMILES string of the molecule is CCOC1CC(NCc2cccc(C(F)F)c2)C1. The van der Waals surface area contributed by atoms with E-state index in [1.807, 2.05) is 13.0 Å². The van der Waals surface area contributed by atoms with Gasteiger partial charge in [0.15, 0.2) is 0 Å². The van der Waals surface area contributed by atoms with Crippen LogP contribution in [0.4, 0.5) is 8.78 Å². The Balaban J connectivity index is 1.76. The lowest BCUT2D eigenvalue weighted by Gasteiger charge is -2.35. The van der Waals surface area contributed by atoms with Gasteiger partial charge in [0.2, 0.25) is 0 Å². The van der Waals surface area contributed by atoms with Gasteiger partial charge >= 0.3 is 0 Å². The van der Waals surface area contributed by atoms with Crippen LogP contribution < -0.4 is 5.32 Å². The molecule has 4 heteroatoms. The molecule has 1 N–H and O–H groups in total. The molecule has 1 aliphatic carbocycles. The Hall–Kier alpha value is -1.00. The molecule has 1 aliphatic rings. The molecule has 100 valence electrons. The molecule has 0 atom stereocenters. The van der Waals surface area contributed by atoms with Crippen molar-refractivity contribution in [3.05, 3.63) is 35.4 Å². The number of hydrogen-bond donors (Lipinski definition) is 1. The molecule has 0 radical (unpaired) electrons. The molecule has 1 aromatic rings. The number of benzene rings is 1. The molecule has 0 saturated heterocycles. The Morgan fingerprint density at radius 3 is 2.83 bits per heavy atom. The average molecular weight is 255 g/mol. The molecule has 1 aromatic carbocycles. The van der Waals surface area contributed by atoms with Crippen molar-refractivity contribution in [3.63, 3.8) is 0 Å². The molecular weight excluding hydrogens is 236 g/mol. The van der Waals surface area contributed by atoms with Crippen molar-refractivity contribution in [2.45, 2.75) is 44.9 Å². The first kappa shape index (κ1) is 13.4. The maximum absolute atomic E-state index is 12.5. The second-order valence-electron chi connectivity index (χ2n) is 4.67. The van der Waals surface area contributed by atoms with Gasteiger partial charge in [-0.2, -0.15) is 0 Å². The van der Waals surface area contributed by atoms with Gasteiger partial charge in [0.05, 0.1) is 6.10 Å². The second kappa shape index (κ2) is 6.25. The zero-order chi connectivity index (χ0) is 13.0. The molecule has 2 nitrogen and oxygen atoms in total. The van der Waals surface area contributed by atoms with Gasteiger partial charge in [-0.05, 0) is 31.4 Å². The number of hydrogen-bond acceptors (Lipinski definition) is 2. The summed E-state index contributed by atoms with van der Waals surface area (Å²) in [6, 6.07) is 7.04. The van der Waals surface area contributed by atoms with E-state index in [1.165, 1.54) is 6.07 Å². The minimum atomic E-state index is -2.39. The van der Waals surface area contributed by atoms with Gasteiger partial charge in [0.1, 0.15) is 0 Å². The van der Waals surface area contributed by atoms with E-state index in [-0.39, 0.29) is 5.56 Å². The highest BCUT2D eigenvalue weighted by Gasteiger charge is 2.28. The number of halogens is 2. The summed E-state index contributed by atoms with van der Waals surface area (Å²) in [5.41, 5.74) is 1.00. The van der Waals surface area contributed by atoms with Crippen LogP contribution in [0, 0.1) is 0 Å². The molecule has 0 heterocycles. The van der Waals surface area contributed by atoms with Gasteiger partial charge in [-0.3, -0.25) is 0 Å². The zero-order valence-corrected chi connectivity index (χ0v) is 10.5. The topological polar surface area (TPSA) is 21.3 Å². The Kier molecular flexibility index (Phi) is 4.66. The first-order chi connectivity index (χ1) is 8.69. The monoisotopic (exact) mass is 255 g/mol. The van der Waals surface area contributed by atoms with Crippen LogP contribution in [0.2, 0.25) is 0 Å². The lowest BCUT2D eigenvalue weighted by Crippen LogP contribution is -2.45. The van der Waals surface area contributed by atoms with Gasteiger partial charge in [0, 0.05) is 24.8 Å². The van der Waals surface area contributed by atoms with Gasteiger partial charge in [-0.1, -0.05) is 18.2 Å². The van der Waals surface area contributed by atoms with Gasteiger partial charge in [-0.25, -0.2) is 8.78 Å². The van der Waals surface area contributed by atoms with Crippen LogP contribution >= 0.6 is 0 Å². The minimum absolute atomic E-state index is 0.0927. The van der Waals surface area contributed by atoms with E-state index in [0.29, 0.717) is 18.7 Å². The summed E-state index contributed by atoms with van der Waals surface area (Å²) in [7, 11) is 0. The van der Waals surface area contributed by atoms with Gasteiger partial charge in [0.25, 0.3) is 6.43 Å². The molecule has 0 amide bonds. The number of alkyl halides is 2. The third kappa shape index (κ3) is 3.50. The van der Waals surface area contributed by atoms with E-state index in [0.717, 1.165) is 25.0 Å². The van der Waals surface area contributed by atoms with Crippen molar-refractivity contribution >= 4 is 0 Å². The van der Waals surface area contributed by atoms with E-state index in [9.17, 15) is 8.78 Å². The molecular formula is C14H19F2NO. The molecule has 1 saturated carbocycles. The summed E-state index contributed by atoms with van der Waals surface area (Å²) in [5.74, 6) is 0. The van der Waals surface area contributed by atoms with Crippen LogP contribution in [0.1, 0.15) is 37.3 Å². The van der Waals surface area contributed by atoms with Crippen molar-refractivity contribution in [3.8, 4) is 0 Å². The highest BCUT2D eigenvalue weighted by Crippen LogP contribution is 2.24. The second-order valence-corrected chi connectivity index (χ2v) is 4.67. The van der Waals surface area contributed by atoms with Crippen molar-refractivity contribution in [2.24, 2.45) is 0 Å². The predicted molar refractivity (Wildman–Crippen MR) is 66.7 cm³/mol. The molecule has 0 bridgehead atoms.